The third-order valence-electron chi connectivity index (χ3n) is 7.58. The van der Waals surface area contributed by atoms with Crippen molar-refractivity contribution in [2.45, 2.75) is 31.3 Å². The maximum absolute atomic E-state index is 15.3. The number of aromatic nitrogens is 2. The summed E-state index contributed by atoms with van der Waals surface area (Å²) in [7, 11) is -2.85. The molecule has 2 aliphatic heterocycles. The molecule has 3 aromatic rings. The summed E-state index contributed by atoms with van der Waals surface area (Å²) in [5, 5.41) is 0. The number of sulfonamides is 1. The van der Waals surface area contributed by atoms with E-state index in [1.54, 1.807) is 6.20 Å². The zero-order valence-electron chi connectivity index (χ0n) is 24.0. The fraction of sp³-hybridized carbons (Fsp3) is 0.448. The molecule has 226 valence electrons. The molecule has 13 heteroatoms. The normalized spacial score (nSPS) is 17.0. The Hall–Kier alpha value is -3.39. The molecular weight excluding hydrogens is 566 g/mol. The van der Waals surface area contributed by atoms with Gasteiger partial charge in [-0.2, -0.15) is 0 Å². The summed E-state index contributed by atoms with van der Waals surface area (Å²) in [6.45, 7) is 10.5. The van der Waals surface area contributed by atoms with E-state index in [1.807, 2.05) is 4.90 Å². The molecule has 0 unspecified atom stereocenters. The number of pyridine rings is 2. The summed E-state index contributed by atoms with van der Waals surface area (Å²) >= 11 is 0. The van der Waals surface area contributed by atoms with Gasteiger partial charge in [0.05, 0.1) is 49.2 Å². The van der Waals surface area contributed by atoms with Gasteiger partial charge in [0.25, 0.3) is 10.0 Å². The highest BCUT2D eigenvalue weighted by Gasteiger charge is 2.25. The van der Waals surface area contributed by atoms with Crippen LogP contribution in [0, 0.1) is 11.6 Å². The lowest BCUT2D eigenvalue weighted by Crippen LogP contribution is -2.48. The van der Waals surface area contributed by atoms with Crippen molar-refractivity contribution in [3.8, 4) is 17.1 Å². The fourth-order valence-electron chi connectivity index (χ4n) is 5.26. The second-order valence-electron chi connectivity index (χ2n) is 10.7. The van der Waals surface area contributed by atoms with E-state index in [1.165, 1.54) is 43.6 Å². The van der Waals surface area contributed by atoms with E-state index >= 15 is 8.78 Å². The lowest BCUT2D eigenvalue weighted by Gasteiger charge is -2.37. The Balaban J connectivity index is 1.35. The van der Waals surface area contributed by atoms with E-state index in [0.717, 1.165) is 26.2 Å². The number of anilines is 2. The largest absolute Gasteiger partial charge is 0.480 e. The first-order valence-electron chi connectivity index (χ1n) is 13.9. The molecule has 2 fully saturated rings. The Morgan fingerprint density at radius 1 is 1.00 bits per heavy atom. The molecule has 1 N–H and O–H groups in total. The molecule has 0 spiro atoms. The Morgan fingerprint density at radius 2 is 1.69 bits per heavy atom. The maximum atomic E-state index is 15.3. The minimum absolute atomic E-state index is 0.0329. The lowest BCUT2D eigenvalue weighted by atomic mass is 10.1. The van der Waals surface area contributed by atoms with Crippen LogP contribution in [0.15, 0.2) is 47.6 Å². The number of benzene rings is 1. The number of ether oxygens (including phenoxy) is 2. The van der Waals surface area contributed by atoms with E-state index in [2.05, 4.69) is 38.3 Å². The smallest absolute Gasteiger partial charge is 0.267 e. The zero-order valence-corrected chi connectivity index (χ0v) is 24.8. The van der Waals surface area contributed by atoms with Gasteiger partial charge in [-0.3, -0.25) is 19.5 Å². The molecule has 42 heavy (non-hydrogen) atoms. The van der Waals surface area contributed by atoms with E-state index in [-0.39, 0.29) is 27.7 Å². The number of piperazine rings is 1. The Kier molecular flexibility index (Phi) is 9.21. The molecule has 0 amide bonds. The van der Waals surface area contributed by atoms with Crippen molar-refractivity contribution in [2.24, 2.45) is 0 Å². The van der Waals surface area contributed by atoms with Gasteiger partial charge in [0, 0.05) is 58.1 Å². The quantitative estimate of drug-likeness (QED) is 0.394. The van der Waals surface area contributed by atoms with Gasteiger partial charge in [-0.05, 0) is 49.7 Å². The zero-order chi connectivity index (χ0) is 29.9. The van der Waals surface area contributed by atoms with Crippen molar-refractivity contribution in [3.05, 3.63) is 59.9 Å². The summed E-state index contributed by atoms with van der Waals surface area (Å²) in [5.41, 5.74) is 0.876. The summed E-state index contributed by atoms with van der Waals surface area (Å²) in [6.07, 6.45) is 2.85. The first-order chi connectivity index (χ1) is 20.1. The van der Waals surface area contributed by atoms with Crippen LogP contribution >= 0.6 is 0 Å². The van der Waals surface area contributed by atoms with Crippen LogP contribution in [0.2, 0.25) is 0 Å². The standard InChI is InChI=1S/C29H36F2N6O4S/c1-20(2)36-8-6-35(7-9-36)19-21-14-24(30)28(25(31)15-21)26-16-22(4-5-32-26)34-42(38,39)27-17-23(18-33-29(27)40-3)37-10-12-41-13-11-37/h4-5,14-18,20H,6-13,19H2,1-3H3,(H,32,34). The Morgan fingerprint density at radius 3 is 2.33 bits per heavy atom. The van der Waals surface area contributed by atoms with E-state index in [9.17, 15) is 8.42 Å². The van der Waals surface area contributed by atoms with E-state index in [0.29, 0.717) is 50.1 Å². The average Bonchev–Trinajstić information content (AvgIpc) is 2.97. The number of hydrogen-bond donors (Lipinski definition) is 1. The van der Waals surface area contributed by atoms with Gasteiger partial charge in [0.2, 0.25) is 5.88 Å². The number of methoxy groups -OCH3 is 1. The first-order valence-corrected chi connectivity index (χ1v) is 15.4. The topological polar surface area (TPSA) is 100 Å². The minimum atomic E-state index is -4.19. The molecular formula is C29H36F2N6O4S. The molecule has 2 aromatic heterocycles. The highest BCUT2D eigenvalue weighted by molar-refractivity contribution is 7.92. The summed E-state index contributed by atoms with van der Waals surface area (Å²) in [5.74, 6) is -1.60. The molecule has 0 aliphatic carbocycles. The molecule has 0 atom stereocenters. The molecule has 0 saturated carbocycles. The highest BCUT2D eigenvalue weighted by atomic mass is 32.2. The highest BCUT2D eigenvalue weighted by Crippen LogP contribution is 2.31. The van der Waals surface area contributed by atoms with E-state index in [4.69, 9.17) is 9.47 Å². The van der Waals surface area contributed by atoms with Crippen molar-refractivity contribution >= 4 is 21.4 Å². The van der Waals surface area contributed by atoms with Gasteiger partial charge in [0.1, 0.15) is 11.6 Å². The van der Waals surface area contributed by atoms with Crippen LogP contribution in [0.4, 0.5) is 20.2 Å². The monoisotopic (exact) mass is 602 g/mol. The molecule has 2 saturated heterocycles. The predicted octanol–water partition coefficient (Wildman–Crippen LogP) is 3.59. The van der Waals surface area contributed by atoms with Crippen LogP contribution in [0.3, 0.4) is 0 Å². The Bertz CT molecular complexity index is 1490. The number of halogens is 2. The van der Waals surface area contributed by atoms with Gasteiger partial charge < -0.3 is 14.4 Å². The number of hydrogen-bond acceptors (Lipinski definition) is 9. The number of nitrogens with zero attached hydrogens (tertiary/aromatic N) is 5. The molecule has 0 radical (unpaired) electrons. The van der Waals surface area contributed by atoms with Gasteiger partial charge in [-0.15, -0.1) is 0 Å². The van der Waals surface area contributed by atoms with Gasteiger partial charge in [-0.25, -0.2) is 22.2 Å². The number of rotatable bonds is 9. The van der Waals surface area contributed by atoms with Crippen molar-refractivity contribution in [1.82, 2.24) is 19.8 Å². The third-order valence-corrected chi connectivity index (χ3v) is 8.95. The van der Waals surface area contributed by atoms with Crippen molar-refractivity contribution < 1.29 is 26.7 Å². The summed E-state index contributed by atoms with van der Waals surface area (Å²) < 4.78 is 70.5. The molecule has 2 aliphatic rings. The molecule has 1 aromatic carbocycles. The third kappa shape index (κ3) is 6.80. The second-order valence-corrected chi connectivity index (χ2v) is 12.3. The van der Waals surface area contributed by atoms with Gasteiger partial charge in [-0.1, -0.05) is 0 Å². The summed E-state index contributed by atoms with van der Waals surface area (Å²) in [4.78, 5) is 14.7. The molecule has 5 rings (SSSR count). The van der Waals surface area contributed by atoms with Crippen LogP contribution in [0.1, 0.15) is 19.4 Å². The predicted molar refractivity (Wildman–Crippen MR) is 156 cm³/mol. The minimum Gasteiger partial charge on any atom is -0.480 e. The SMILES string of the molecule is COc1ncc(N2CCOCC2)cc1S(=O)(=O)Nc1ccnc(-c2c(F)cc(CN3CCN(C(C)C)CC3)cc2F)c1. The van der Waals surface area contributed by atoms with Gasteiger partial charge >= 0.3 is 0 Å². The van der Waals surface area contributed by atoms with Crippen molar-refractivity contribution in [3.63, 3.8) is 0 Å². The maximum Gasteiger partial charge on any atom is 0.267 e. The second kappa shape index (κ2) is 12.9. The fourth-order valence-corrected chi connectivity index (χ4v) is 6.45. The molecule has 0 bridgehead atoms. The van der Waals surface area contributed by atoms with Gasteiger partial charge in [0.15, 0.2) is 4.90 Å². The number of nitrogens with one attached hydrogen (secondary N) is 1. The van der Waals surface area contributed by atoms with Crippen molar-refractivity contribution in [1.29, 1.82) is 0 Å². The van der Waals surface area contributed by atoms with E-state index < -0.39 is 21.7 Å². The van der Waals surface area contributed by atoms with Crippen LogP contribution in [-0.2, 0) is 21.3 Å². The average molecular weight is 603 g/mol. The first kappa shape index (κ1) is 30.1. The lowest BCUT2D eigenvalue weighted by molar-refractivity contribution is 0.104. The molecule has 10 nitrogen and oxygen atoms in total. The summed E-state index contributed by atoms with van der Waals surface area (Å²) in [6, 6.07) is 7.30. The van der Waals surface area contributed by atoms with Crippen LogP contribution in [-0.4, -0.2) is 93.8 Å². The van der Waals surface area contributed by atoms with Crippen LogP contribution in [0.25, 0.3) is 11.3 Å². The van der Waals surface area contributed by atoms with Crippen LogP contribution in [0.5, 0.6) is 5.88 Å². The number of morpholine rings is 1. The molecule has 4 heterocycles. The van der Waals surface area contributed by atoms with Crippen LogP contribution < -0.4 is 14.4 Å². The van der Waals surface area contributed by atoms with Crippen molar-refractivity contribution in [2.75, 3.05) is 69.2 Å². The Labute approximate surface area is 245 Å².